The number of aliphatic hydroxyl groups is 2. The van der Waals surface area contributed by atoms with Crippen molar-refractivity contribution in [3.05, 3.63) is 0 Å². The summed E-state index contributed by atoms with van der Waals surface area (Å²) in [5.41, 5.74) is 0. The summed E-state index contributed by atoms with van der Waals surface area (Å²) < 4.78 is 0. The van der Waals surface area contributed by atoms with Gasteiger partial charge in [0, 0.05) is 0 Å². The molecule has 0 aliphatic carbocycles. The maximum absolute atomic E-state index is 8.31. The minimum absolute atomic E-state index is 0. The van der Waals surface area contributed by atoms with Crippen molar-refractivity contribution in [1.29, 1.82) is 0 Å². The molecule has 0 saturated heterocycles. The van der Waals surface area contributed by atoms with Crippen LogP contribution in [0.2, 0.25) is 0 Å². The molecule has 4 heteroatoms. The fourth-order valence-electron chi connectivity index (χ4n) is 0.0527. The van der Waals surface area contributed by atoms with Crippen LogP contribution in [0, 0.1) is 0 Å². The van der Waals surface area contributed by atoms with Gasteiger partial charge in [-0.1, -0.05) is 0 Å². The molecule has 0 amide bonds. The van der Waals surface area contributed by atoms with E-state index in [9.17, 15) is 0 Å². The molecule has 0 saturated carbocycles. The second-order valence-corrected chi connectivity index (χ2v) is 1.34. The van der Waals surface area contributed by atoms with Crippen molar-refractivity contribution in [2.45, 2.75) is 6.10 Å². The van der Waals surface area contributed by atoms with E-state index in [-0.39, 0.29) is 41.9 Å². The molecule has 0 aromatic heterocycles. The second kappa shape index (κ2) is 7.27. The quantitative estimate of drug-likeness (QED) is 0.295. The average Bonchev–Trinajstić information content (AvgIpc) is 1.65. The van der Waals surface area contributed by atoms with Crippen LogP contribution in [0.3, 0.4) is 0 Å². The molecule has 0 aliphatic rings. The van der Waals surface area contributed by atoms with Crippen molar-refractivity contribution in [2.75, 3.05) is 12.4 Å². The molecule has 0 spiro atoms. The first-order valence-electron chi connectivity index (χ1n) is 1.68. The van der Waals surface area contributed by atoms with Gasteiger partial charge in [-0.25, -0.2) is 0 Å². The Hall–Kier alpha value is 1.27. The van der Waals surface area contributed by atoms with Gasteiger partial charge in [0.05, 0.1) is 12.7 Å². The molecule has 0 aromatic rings. The van der Waals surface area contributed by atoms with Crippen LogP contribution >= 0.6 is 0 Å². The van der Waals surface area contributed by atoms with Crippen LogP contribution in [-0.2, 0) is 12.6 Å². The third-order valence-electron chi connectivity index (χ3n) is 0.403. The van der Waals surface area contributed by atoms with Crippen molar-refractivity contribution >= 4 is 12.6 Å². The van der Waals surface area contributed by atoms with Gasteiger partial charge in [-0.3, -0.25) is 0 Å². The Balaban J connectivity index is 0. The van der Waals surface area contributed by atoms with Gasteiger partial charge in [0.25, 0.3) is 0 Å². The fourth-order valence-corrected chi connectivity index (χ4v) is 0.158. The Bertz CT molecular complexity index is 32.1. The van der Waals surface area contributed by atoms with Gasteiger partial charge >= 0.3 is 29.6 Å². The average molecular weight is 130 g/mol. The molecule has 0 aliphatic heterocycles. The zero-order valence-electron chi connectivity index (χ0n) is 4.29. The first-order valence-corrected chi connectivity index (χ1v) is 2.26. The van der Waals surface area contributed by atoms with E-state index in [0.717, 1.165) is 0 Å². The van der Waals surface area contributed by atoms with E-state index >= 15 is 0 Å². The standard InChI is InChI=1S/C3H8O2S.Na/c4-1-3(5)2-6;/h3-6H,1-2H2;/q;+1/p-1. The molecule has 0 fully saturated rings. The molecule has 2 nitrogen and oxygen atoms in total. The van der Waals surface area contributed by atoms with Crippen molar-refractivity contribution in [2.24, 2.45) is 0 Å². The Labute approximate surface area is 70.6 Å². The van der Waals surface area contributed by atoms with Crippen LogP contribution in [-0.4, -0.2) is 28.7 Å². The first-order chi connectivity index (χ1) is 2.81. The third-order valence-corrected chi connectivity index (χ3v) is 0.788. The molecular formula is C3H7NaO2S. The number of hydrogen-bond acceptors (Lipinski definition) is 3. The van der Waals surface area contributed by atoms with E-state index in [0.29, 0.717) is 0 Å². The van der Waals surface area contributed by atoms with Gasteiger partial charge in [0.1, 0.15) is 0 Å². The minimum atomic E-state index is -0.694. The van der Waals surface area contributed by atoms with Crippen LogP contribution in [0.5, 0.6) is 0 Å². The van der Waals surface area contributed by atoms with Gasteiger partial charge in [0.2, 0.25) is 0 Å². The van der Waals surface area contributed by atoms with Gasteiger partial charge in [0.15, 0.2) is 0 Å². The summed E-state index contributed by atoms with van der Waals surface area (Å²) in [6.07, 6.45) is -0.694. The largest absolute Gasteiger partial charge is 1.00 e. The fraction of sp³-hybridized carbons (Fsp3) is 1.00. The maximum atomic E-state index is 8.31. The van der Waals surface area contributed by atoms with Gasteiger partial charge in [-0.2, -0.15) is 0 Å². The molecule has 0 rings (SSSR count). The molecular weight excluding hydrogens is 123 g/mol. The molecule has 1 atom stereocenters. The van der Waals surface area contributed by atoms with E-state index < -0.39 is 6.10 Å². The van der Waals surface area contributed by atoms with E-state index in [1.807, 2.05) is 0 Å². The topological polar surface area (TPSA) is 40.5 Å². The smallest absolute Gasteiger partial charge is 0.790 e. The van der Waals surface area contributed by atoms with Crippen molar-refractivity contribution in [1.82, 2.24) is 0 Å². The zero-order chi connectivity index (χ0) is 4.99. The molecule has 38 valence electrons. The van der Waals surface area contributed by atoms with Crippen molar-refractivity contribution in [3.63, 3.8) is 0 Å². The van der Waals surface area contributed by atoms with Crippen molar-refractivity contribution in [3.8, 4) is 0 Å². The van der Waals surface area contributed by atoms with E-state index in [2.05, 4.69) is 12.6 Å². The summed E-state index contributed by atoms with van der Waals surface area (Å²) in [5, 5.41) is 16.3. The summed E-state index contributed by atoms with van der Waals surface area (Å²) >= 11 is 4.36. The summed E-state index contributed by atoms with van der Waals surface area (Å²) in [7, 11) is 0. The van der Waals surface area contributed by atoms with Crippen LogP contribution in [0.25, 0.3) is 0 Å². The Morgan fingerprint density at radius 2 is 2.00 bits per heavy atom. The molecule has 0 radical (unpaired) electrons. The maximum Gasteiger partial charge on any atom is 1.00 e. The van der Waals surface area contributed by atoms with Crippen LogP contribution in [0.4, 0.5) is 0 Å². The van der Waals surface area contributed by atoms with E-state index in [1.54, 1.807) is 0 Å². The summed E-state index contributed by atoms with van der Waals surface area (Å²) in [5.74, 6) is 0.219. The van der Waals surface area contributed by atoms with Crippen LogP contribution < -0.4 is 29.6 Å². The van der Waals surface area contributed by atoms with Gasteiger partial charge < -0.3 is 22.8 Å². The van der Waals surface area contributed by atoms with Gasteiger partial charge in [-0.15, -0.1) is 5.75 Å². The summed E-state index contributed by atoms with van der Waals surface area (Å²) in [6.45, 7) is -0.219. The van der Waals surface area contributed by atoms with Crippen LogP contribution in [0.15, 0.2) is 0 Å². The first kappa shape index (κ1) is 11.1. The summed E-state index contributed by atoms with van der Waals surface area (Å²) in [4.78, 5) is 0. The minimum Gasteiger partial charge on any atom is -0.790 e. The number of hydrogen-bond donors (Lipinski definition) is 2. The number of aliphatic hydroxyl groups excluding tert-OH is 2. The predicted molar refractivity (Wildman–Crippen MR) is 25.3 cm³/mol. The molecule has 7 heavy (non-hydrogen) atoms. The molecule has 0 heterocycles. The zero-order valence-corrected chi connectivity index (χ0v) is 7.11. The Morgan fingerprint density at radius 3 is 2.00 bits per heavy atom. The normalized spacial score (nSPS) is 12.4. The second-order valence-electron chi connectivity index (χ2n) is 1.00. The van der Waals surface area contributed by atoms with E-state index in [4.69, 9.17) is 10.2 Å². The summed E-state index contributed by atoms with van der Waals surface area (Å²) in [6, 6.07) is 0. The van der Waals surface area contributed by atoms with Crippen LogP contribution in [0.1, 0.15) is 0 Å². The molecule has 1 unspecified atom stereocenters. The number of rotatable bonds is 2. The third kappa shape index (κ3) is 7.27. The van der Waals surface area contributed by atoms with Crippen molar-refractivity contribution < 1.29 is 39.8 Å². The molecule has 0 bridgehead atoms. The Morgan fingerprint density at radius 1 is 1.57 bits per heavy atom. The van der Waals surface area contributed by atoms with Gasteiger partial charge in [-0.05, 0) is 0 Å². The predicted octanol–water partition coefficient (Wildman–Crippen LogP) is -4.11. The van der Waals surface area contributed by atoms with E-state index in [1.165, 1.54) is 0 Å². The monoisotopic (exact) mass is 130 g/mol. The SMILES string of the molecule is OCC(O)C[S-].[Na+]. The Kier molecular flexibility index (Phi) is 11.5. The molecule has 2 N–H and O–H groups in total. The molecule has 0 aromatic carbocycles.